The van der Waals surface area contributed by atoms with Gasteiger partial charge in [-0.25, -0.2) is 0 Å². The molecule has 0 N–H and O–H groups in total. The second-order valence-corrected chi connectivity index (χ2v) is 6.60. The number of hydrogen-bond donors (Lipinski definition) is 0. The summed E-state index contributed by atoms with van der Waals surface area (Å²) < 4.78 is 33.7. The number of hydrogen-bond acceptors (Lipinski definition) is 6. The Morgan fingerprint density at radius 1 is 0.643 bits per heavy atom. The lowest BCUT2D eigenvalue weighted by Crippen LogP contribution is -2.15. The molecular formula is C22H28O6. The summed E-state index contributed by atoms with van der Waals surface area (Å²) in [5.74, 6) is 4.31. The first-order chi connectivity index (χ1) is 13.6. The third-order valence-electron chi connectivity index (χ3n) is 5.38. The maximum absolute atomic E-state index is 5.78. The van der Waals surface area contributed by atoms with Crippen molar-refractivity contribution in [2.45, 2.75) is 25.2 Å². The highest BCUT2D eigenvalue weighted by Crippen LogP contribution is 2.52. The van der Waals surface area contributed by atoms with E-state index in [0.717, 1.165) is 53.2 Å². The summed E-state index contributed by atoms with van der Waals surface area (Å²) in [5.41, 5.74) is 3.25. The first kappa shape index (κ1) is 20.0. The van der Waals surface area contributed by atoms with E-state index in [9.17, 15) is 0 Å². The molecule has 0 aliphatic heterocycles. The van der Waals surface area contributed by atoms with E-state index in [1.165, 1.54) is 0 Å². The minimum absolute atomic E-state index is 0.0532. The first-order valence-corrected chi connectivity index (χ1v) is 9.25. The van der Waals surface area contributed by atoms with E-state index in [1.807, 2.05) is 18.2 Å². The summed E-state index contributed by atoms with van der Waals surface area (Å²) in [6.45, 7) is 0. The van der Waals surface area contributed by atoms with Gasteiger partial charge in [-0.2, -0.15) is 0 Å². The molecule has 0 unspecified atom stereocenters. The molecule has 0 heterocycles. The molecule has 2 aromatic carbocycles. The summed E-state index contributed by atoms with van der Waals surface area (Å²) in [6, 6.07) is 5.75. The minimum Gasteiger partial charge on any atom is -0.496 e. The maximum atomic E-state index is 5.78. The molecular weight excluding hydrogens is 360 g/mol. The van der Waals surface area contributed by atoms with Gasteiger partial charge in [0.15, 0.2) is 23.0 Å². The van der Waals surface area contributed by atoms with Crippen LogP contribution in [0.1, 0.15) is 35.4 Å². The SMILES string of the molecule is COc1cc(OC)c([C@@H]2CCCc3c(OC)cc(OC)c(OC)c32)cc1OC. The van der Waals surface area contributed by atoms with Crippen LogP contribution in [0.2, 0.25) is 0 Å². The Kier molecular flexibility index (Phi) is 6.07. The van der Waals surface area contributed by atoms with Crippen LogP contribution in [0.4, 0.5) is 0 Å². The lowest BCUT2D eigenvalue weighted by Gasteiger charge is -2.31. The highest BCUT2D eigenvalue weighted by molar-refractivity contribution is 5.63. The second-order valence-electron chi connectivity index (χ2n) is 6.60. The average molecular weight is 388 g/mol. The lowest BCUT2D eigenvalue weighted by molar-refractivity contribution is 0.336. The van der Waals surface area contributed by atoms with E-state index in [1.54, 1.807) is 42.7 Å². The molecule has 0 amide bonds. The average Bonchev–Trinajstić information content (AvgIpc) is 2.76. The van der Waals surface area contributed by atoms with Crippen molar-refractivity contribution < 1.29 is 28.4 Å². The molecule has 2 aromatic rings. The highest BCUT2D eigenvalue weighted by Gasteiger charge is 2.33. The Morgan fingerprint density at radius 3 is 1.79 bits per heavy atom. The molecule has 6 heteroatoms. The highest BCUT2D eigenvalue weighted by atomic mass is 16.5. The third-order valence-corrected chi connectivity index (χ3v) is 5.38. The topological polar surface area (TPSA) is 55.4 Å². The number of rotatable bonds is 7. The van der Waals surface area contributed by atoms with E-state index >= 15 is 0 Å². The zero-order valence-electron chi connectivity index (χ0n) is 17.4. The minimum atomic E-state index is 0.0532. The van der Waals surface area contributed by atoms with Crippen LogP contribution in [-0.2, 0) is 6.42 Å². The Bertz CT molecular complexity index is 823. The van der Waals surface area contributed by atoms with E-state index in [2.05, 4.69) is 0 Å². The standard InChI is InChI=1S/C22H28O6/c1-23-16-12-20(27-5)22(28-6)21-13(8-7-9-14(16)21)15-10-18(25-3)19(26-4)11-17(15)24-2/h10-13H,7-9H2,1-6H3/t13-/m0/s1. The molecule has 0 aromatic heterocycles. The van der Waals surface area contributed by atoms with Gasteiger partial charge < -0.3 is 28.4 Å². The predicted molar refractivity (Wildman–Crippen MR) is 107 cm³/mol. The van der Waals surface area contributed by atoms with Crippen molar-refractivity contribution in [1.82, 2.24) is 0 Å². The molecule has 0 fully saturated rings. The molecule has 1 aliphatic carbocycles. The van der Waals surface area contributed by atoms with Crippen LogP contribution < -0.4 is 28.4 Å². The van der Waals surface area contributed by atoms with Crippen molar-refractivity contribution in [2.24, 2.45) is 0 Å². The van der Waals surface area contributed by atoms with Crippen molar-refractivity contribution in [2.75, 3.05) is 42.7 Å². The van der Waals surface area contributed by atoms with Gasteiger partial charge in [-0.3, -0.25) is 0 Å². The normalized spacial score (nSPS) is 15.4. The quantitative estimate of drug-likeness (QED) is 0.708. The van der Waals surface area contributed by atoms with Crippen molar-refractivity contribution in [1.29, 1.82) is 0 Å². The van der Waals surface area contributed by atoms with Crippen molar-refractivity contribution in [3.63, 3.8) is 0 Å². The largest absolute Gasteiger partial charge is 0.496 e. The fourth-order valence-corrected chi connectivity index (χ4v) is 4.11. The Morgan fingerprint density at radius 2 is 1.21 bits per heavy atom. The monoisotopic (exact) mass is 388 g/mol. The van der Waals surface area contributed by atoms with Crippen LogP contribution in [0.3, 0.4) is 0 Å². The van der Waals surface area contributed by atoms with Crippen LogP contribution in [0.25, 0.3) is 0 Å². The number of fused-ring (bicyclic) bond motifs is 1. The predicted octanol–water partition coefficient (Wildman–Crippen LogP) is 4.21. The smallest absolute Gasteiger partial charge is 0.165 e. The molecule has 0 saturated carbocycles. The molecule has 28 heavy (non-hydrogen) atoms. The van der Waals surface area contributed by atoms with E-state index in [4.69, 9.17) is 28.4 Å². The molecule has 152 valence electrons. The molecule has 1 aliphatic rings. The molecule has 0 spiro atoms. The van der Waals surface area contributed by atoms with Crippen LogP contribution in [-0.4, -0.2) is 42.7 Å². The van der Waals surface area contributed by atoms with Gasteiger partial charge in [0.1, 0.15) is 11.5 Å². The fourth-order valence-electron chi connectivity index (χ4n) is 4.11. The van der Waals surface area contributed by atoms with Gasteiger partial charge in [-0.15, -0.1) is 0 Å². The maximum Gasteiger partial charge on any atom is 0.165 e. The van der Waals surface area contributed by atoms with Gasteiger partial charge in [0.25, 0.3) is 0 Å². The van der Waals surface area contributed by atoms with Crippen molar-refractivity contribution in [3.8, 4) is 34.5 Å². The van der Waals surface area contributed by atoms with Crippen LogP contribution in [0, 0.1) is 0 Å². The fraction of sp³-hybridized carbons (Fsp3) is 0.455. The number of methoxy groups -OCH3 is 6. The van der Waals surface area contributed by atoms with E-state index < -0.39 is 0 Å². The summed E-state index contributed by atoms with van der Waals surface area (Å²) in [7, 11) is 9.90. The second kappa shape index (κ2) is 8.50. The molecule has 1 atom stereocenters. The summed E-state index contributed by atoms with van der Waals surface area (Å²) in [4.78, 5) is 0. The number of benzene rings is 2. The van der Waals surface area contributed by atoms with Gasteiger partial charge >= 0.3 is 0 Å². The van der Waals surface area contributed by atoms with Crippen molar-refractivity contribution in [3.05, 3.63) is 34.9 Å². The summed E-state index contributed by atoms with van der Waals surface area (Å²) >= 11 is 0. The van der Waals surface area contributed by atoms with Gasteiger partial charge in [0.2, 0.25) is 0 Å². The summed E-state index contributed by atoms with van der Waals surface area (Å²) in [5, 5.41) is 0. The Hall–Kier alpha value is -2.76. The molecule has 3 rings (SSSR count). The van der Waals surface area contributed by atoms with Gasteiger partial charge in [0, 0.05) is 34.7 Å². The third kappa shape index (κ3) is 3.28. The first-order valence-electron chi connectivity index (χ1n) is 9.25. The molecule has 6 nitrogen and oxygen atoms in total. The van der Waals surface area contributed by atoms with Crippen LogP contribution >= 0.6 is 0 Å². The van der Waals surface area contributed by atoms with Crippen LogP contribution in [0.5, 0.6) is 34.5 Å². The Labute approximate surface area is 166 Å². The zero-order chi connectivity index (χ0) is 20.3. The van der Waals surface area contributed by atoms with Gasteiger partial charge in [0.05, 0.1) is 42.7 Å². The van der Waals surface area contributed by atoms with Gasteiger partial charge in [-0.05, 0) is 25.3 Å². The van der Waals surface area contributed by atoms with E-state index in [-0.39, 0.29) is 5.92 Å². The zero-order valence-corrected chi connectivity index (χ0v) is 17.4. The molecule has 0 saturated heterocycles. The van der Waals surface area contributed by atoms with Crippen molar-refractivity contribution >= 4 is 0 Å². The Balaban J connectivity index is 2.28. The lowest BCUT2D eigenvalue weighted by atomic mass is 9.77. The van der Waals surface area contributed by atoms with Crippen LogP contribution in [0.15, 0.2) is 18.2 Å². The summed E-state index contributed by atoms with van der Waals surface area (Å²) in [6.07, 6.45) is 2.90. The molecule has 0 bridgehead atoms. The van der Waals surface area contributed by atoms with E-state index in [0.29, 0.717) is 17.2 Å². The molecule has 0 radical (unpaired) electrons. The van der Waals surface area contributed by atoms with Gasteiger partial charge in [-0.1, -0.05) is 0 Å². The number of ether oxygens (including phenoxy) is 6.